The molecule has 1 aliphatic heterocycles. The standard InChI is InChI=1S/C24H24N2O3S/c1-29-24(28)22-19-12-13-26(15-18-10-6-3-7-11-18)16-20(19)30-23(22)25-21(27)14-17-8-4-2-5-9-17/h2-11H,12-16H2,1H3,(H,25,27). The highest BCUT2D eigenvalue weighted by Crippen LogP contribution is 2.38. The molecule has 0 bridgehead atoms. The molecule has 0 unspecified atom stereocenters. The van der Waals surface area contributed by atoms with Gasteiger partial charge in [-0.05, 0) is 23.1 Å². The highest BCUT2D eigenvalue weighted by Gasteiger charge is 2.29. The monoisotopic (exact) mass is 420 g/mol. The fraction of sp³-hybridized carbons (Fsp3) is 0.250. The number of carbonyl (C=O) groups is 2. The molecule has 0 saturated carbocycles. The number of fused-ring (bicyclic) bond motifs is 1. The summed E-state index contributed by atoms with van der Waals surface area (Å²) >= 11 is 1.48. The largest absolute Gasteiger partial charge is 0.465 e. The molecule has 0 spiro atoms. The van der Waals surface area contributed by atoms with E-state index in [1.165, 1.54) is 24.0 Å². The Kier molecular flexibility index (Phi) is 6.26. The van der Waals surface area contributed by atoms with Crippen molar-refractivity contribution >= 4 is 28.2 Å². The lowest BCUT2D eigenvalue weighted by molar-refractivity contribution is -0.115. The first-order valence-electron chi connectivity index (χ1n) is 9.97. The van der Waals surface area contributed by atoms with Gasteiger partial charge in [0.15, 0.2) is 0 Å². The van der Waals surface area contributed by atoms with E-state index in [2.05, 4.69) is 22.3 Å². The van der Waals surface area contributed by atoms with Crippen molar-refractivity contribution in [2.45, 2.75) is 25.9 Å². The van der Waals surface area contributed by atoms with Gasteiger partial charge in [0.1, 0.15) is 5.00 Å². The second kappa shape index (κ2) is 9.24. The maximum Gasteiger partial charge on any atom is 0.341 e. The highest BCUT2D eigenvalue weighted by atomic mass is 32.1. The Morgan fingerprint density at radius 2 is 1.70 bits per heavy atom. The predicted molar refractivity (Wildman–Crippen MR) is 119 cm³/mol. The van der Waals surface area contributed by atoms with Crippen LogP contribution in [0.5, 0.6) is 0 Å². The quantitative estimate of drug-likeness (QED) is 0.605. The smallest absolute Gasteiger partial charge is 0.341 e. The van der Waals surface area contributed by atoms with Gasteiger partial charge in [-0.2, -0.15) is 0 Å². The van der Waals surface area contributed by atoms with Crippen LogP contribution in [0.4, 0.5) is 5.00 Å². The average Bonchev–Trinajstić information content (AvgIpc) is 3.11. The zero-order valence-corrected chi connectivity index (χ0v) is 17.7. The number of nitrogens with one attached hydrogen (secondary N) is 1. The maximum atomic E-state index is 12.6. The summed E-state index contributed by atoms with van der Waals surface area (Å²) in [6.45, 7) is 2.48. The number of anilines is 1. The third-order valence-electron chi connectivity index (χ3n) is 5.23. The van der Waals surface area contributed by atoms with E-state index in [0.717, 1.165) is 42.1 Å². The fourth-order valence-electron chi connectivity index (χ4n) is 3.79. The Labute approximate surface area is 180 Å². The lowest BCUT2D eigenvalue weighted by Gasteiger charge is -2.27. The van der Waals surface area contributed by atoms with Gasteiger partial charge in [0.05, 0.1) is 19.1 Å². The van der Waals surface area contributed by atoms with Crippen molar-refractivity contribution in [1.82, 2.24) is 4.90 Å². The van der Waals surface area contributed by atoms with Gasteiger partial charge >= 0.3 is 5.97 Å². The molecule has 4 rings (SSSR count). The zero-order chi connectivity index (χ0) is 20.9. The highest BCUT2D eigenvalue weighted by molar-refractivity contribution is 7.17. The van der Waals surface area contributed by atoms with Gasteiger partial charge in [-0.1, -0.05) is 60.7 Å². The number of methoxy groups -OCH3 is 1. The minimum Gasteiger partial charge on any atom is -0.465 e. The average molecular weight is 421 g/mol. The number of ether oxygens (including phenoxy) is 1. The lowest BCUT2D eigenvalue weighted by Crippen LogP contribution is -2.29. The summed E-state index contributed by atoms with van der Waals surface area (Å²) in [6, 6.07) is 19.9. The second-order valence-electron chi connectivity index (χ2n) is 7.36. The molecule has 1 aromatic heterocycles. The van der Waals surface area contributed by atoms with Crippen LogP contribution in [0.25, 0.3) is 0 Å². The number of hydrogen-bond donors (Lipinski definition) is 1. The minimum atomic E-state index is -0.390. The van der Waals surface area contributed by atoms with Gasteiger partial charge in [-0.15, -0.1) is 11.3 Å². The van der Waals surface area contributed by atoms with Crippen LogP contribution < -0.4 is 5.32 Å². The molecule has 5 nitrogen and oxygen atoms in total. The first-order chi connectivity index (χ1) is 14.6. The summed E-state index contributed by atoms with van der Waals surface area (Å²) in [5, 5.41) is 3.55. The molecule has 3 aromatic rings. The van der Waals surface area contributed by atoms with Crippen molar-refractivity contribution in [1.29, 1.82) is 0 Å². The number of amides is 1. The second-order valence-corrected chi connectivity index (χ2v) is 8.46. The number of carbonyl (C=O) groups excluding carboxylic acids is 2. The van der Waals surface area contributed by atoms with E-state index in [1.807, 2.05) is 48.5 Å². The van der Waals surface area contributed by atoms with Gasteiger partial charge in [-0.25, -0.2) is 4.79 Å². The molecule has 2 heterocycles. The molecule has 1 amide bonds. The van der Waals surface area contributed by atoms with Crippen LogP contribution in [0.2, 0.25) is 0 Å². The Morgan fingerprint density at radius 1 is 1.03 bits per heavy atom. The molecule has 1 N–H and O–H groups in total. The van der Waals surface area contributed by atoms with E-state index >= 15 is 0 Å². The normalized spacial score (nSPS) is 13.5. The molecule has 0 aliphatic carbocycles. The number of nitrogens with zero attached hydrogens (tertiary/aromatic N) is 1. The van der Waals surface area contributed by atoms with Crippen LogP contribution >= 0.6 is 11.3 Å². The third-order valence-corrected chi connectivity index (χ3v) is 6.37. The number of esters is 1. The van der Waals surface area contributed by atoms with Gasteiger partial charge in [0.2, 0.25) is 5.91 Å². The molecule has 30 heavy (non-hydrogen) atoms. The number of benzene rings is 2. The van der Waals surface area contributed by atoms with Crippen molar-refractivity contribution in [3.63, 3.8) is 0 Å². The first kappa shape index (κ1) is 20.3. The van der Waals surface area contributed by atoms with Crippen LogP contribution in [0.1, 0.15) is 31.9 Å². The van der Waals surface area contributed by atoms with Crippen molar-refractivity contribution in [3.05, 3.63) is 87.8 Å². The summed E-state index contributed by atoms with van der Waals surface area (Å²) in [4.78, 5) is 28.6. The van der Waals surface area contributed by atoms with Crippen LogP contribution in [0.3, 0.4) is 0 Å². The van der Waals surface area contributed by atoms with E-state index in [4.69, 9.17) is 4.74 Å². The predicted octanol–water partition coefficient (Wildman–Crippen LogP) is 4.27. The summed E-state index contributed by atoms with van der Waals surface area (Å²) in [6.07, 6.45) is 1.03. The van der Waals surface area contributed by atoms with Crippen molar-refractivity contribution < 1.29 is 14.3 Å². The minimum absolute atomic E-state index is 0.133. The van der Waals surface area contributed by atoms with E-state index < -0.39 is 0 Å². The van der Waals surface area contributed by atoms with E-state index in [0.29, 0.717) is 10.6 Å². The van der Waals surface area contributed by atoms with Crippen LogP contribution in [-0.2, 0) is 35.5 Å². The Hall–Kier alpha value is -2.96. The zero-order valence-electron chi connectivity index (χ0n) is 16.9. The third kappa shape index (κ3) is 4.61. The Morgan fingerprint density at radius 3 is 2.37 bits per heavy atom. The van der Waals surface area contributed by atoms with Crippen molar-refractivity contribution in [2.75, 3.05) is 19.0 Å². The summed E-state index contributed by atoms with van der Waals surface area (Å²) in [7, 11) is 1.38. The van der Waals surface area contributed by atoms with E-state index in [-0.39, 0.29) is 18.3 Å². The molecular formula is C24H24N2O3S. The summed E-state index contributed by atoms with van der Waals surface area (Å²) in [5.74, 6) is -0.523. The molecule has 6 heteroatoms. The molecule has 0 fully saturated rings. The fourth-order valence-corrected chi connectivity index (χ4v) is 5.09. The number of rotatable bonds is 6. The number of thiophene rings is 1. The molecule has 0 atom stereocenters. The van der Waals surface area contributed by atoms with E-state index in [9.17, 15) is 9.59 Å². The summed E-state index contributed by atoms with van der Waals surface area (Å²) < 4.78 is 5.03. The van der Waals surface area contributed by atoms with Crippen LogP contribution in [-0.4, -0.2) is 30.4 Å². The van der Waals surface area contributed by atoms with E-state index in [1.54, 1.807) is 0 Å². The van der Waals surface area contributed by atoms with Gasteiger partial charge in [-0.3, -0.25) is 9.69 Å². The Balaban J connectivity index is 1.53. The SMILES string of the molecule is COC(=O)c1c(NC(=O)Cc2ccccc2)sc2c1CCN(Cc1ccccc1)C2. The molecular weight excluding hydrogens is 396 g/mol. The maximum absolute atomic E-state index is 12.6. The molecule has 0 radical (unpaired) electrons. The van der Waals surface area contributed by atoms with Crippen molar-refractivity contribution in [3.8, 4) is 0 Å². The molecule has 154 valence electrons. The number of hydrogen-bond acceptors (Lipinski definition) is 5. The van der Waals surface area contributed by atoms with Crippen LogP contribution in [0.15, 0.2) is 60.7 Å². The van der Waals surface area contributed by atoms with Crippen molar-refractivity contribution in [2.24, 2.45) is 0 Å². The van der Waals surface area contributed by atoms with Gasteiger partial charge in [0, 0.05) is 24.5 Å². The summed E-state index contributed by atoms with van der Waals surface area (Å²) in [5.41, 5.74) is 3.72. The Bertz CT molecular complexity index is 1030. The molecule has 2 aromatic carbocycles. The van der Waals surface area contributed by atoms with Gasteiger partial charge in [0.25, 0.3) is 0 Å². The lowest BCUT2D eigenvalue weighted by atomic mass is 10.0. The molecule has 0 saturated heterocycles. The van der Waals surface area contributed by atoms with Gasteiger partial charge < -0.3 is 10.1 Å². The topological polar surface area (TPSA) is 58.6 Å². The first-order valence-corrected chi connectivity index (χ1v) is 10.8. The molecule has 1 aliphatic rings. The van der Waals surface area contributed by atoms with Crippen LogP contribution in [0, 0.1) is 0 Å².